The molecule has 0 bridgehead atoms. The van der Waals surface area contributed by atoms with Crippen LogP contribution < -0.4 is 11.2 Å². The lowest BCUT2D eigenvalue weighted by Gasteiger charge is -2.11. The highest BCUT2D eigenvalue weighted by molar-refractivity contribution is 9.10. The van der Waals surface area contributed by atoms with Gasteiger partial charge >= 0.3 is 11.9 Å². The first kappa shape index (κ1) is 19.0. The summed E-state index contributed by atoms with van der Waals surface area (Å²) < 4.78 is 38.1. The maximum Gasteiger partial charge on any atom is 0.432 e. The maximum absolute atomic E-state index is 12.6. The van der Waals surface area contributed by atoms with Crippen molar-refractivity contribution in [3.05, 3.63) is 31.0 Å². The van der Waals surface area contributed by atoms with Crippen LogP contribution in [0.4, 0.5) is 13.2 Å². The minimum absolute atomic E-state index is 0.124. The van der Waals surface area contributed by atoms with Crippen molar-refractivity contribution in [3.8, 4) is 0 Å². The summed E-state index contributed by atoms with van der Waals surface area (Å²) in [6, 6.07) is 0. The lowest BCUT2D eigenvalue weighted by molar-refractivity contribution is -0.142. The molecule has 0 amide bonds. The van der Waals surface area contributed by atoms with Gasteiger partial charge in [-0.25, -0.2) is 4.79 Å². The number of hydrogen-bond acceptors (Lipinski definition) is 2. The molecule has 0 spiro atoms. The fourth-order valence-corrected chi connectivity index (χ4v) is 2.71. The number of H-pyrrole nitrogens is 1. The minimum atomic E-state index is -4.77. The van der Waals surface area contributed by atoms with Crippen LogP contribution in [-0.2, 0) is 12.7 Å². The van der Waals surface area contributed by atoms with Gasteiger partial charge in [0.25, 0.3) is 5.56 Å². The van der Waals surface area contributed by atoms with Gasteiger partial charge in [-0.2, -0.15) is 13.2 Å². The molecule has 4 nitrogen and oxygen atoms in total. The summed E-state index contributed by atoms with van der Waals surface area (Å²) in [4.78, 5) is 25.2. The predicted octanol–water partition coefficient (Wildman–Crippen LogP) is 4.07. The molecule has 0 unspecified atom stereocenters. The van der Waals surface area contributed by atoms with Crippen LogP contribution in [0, 0.1) is 0 Å². The normalized spacial score (nSPS) is 11.9. The van der Waals surface area contributed by atoms with Gasteiger partial charge < -0.3 is 4.98 Å². The molecule has 0 radical (unpaired) electrons. The predicted molar refractivity (Wildman–Crippen MR) is 82.0 cm³/mol. The van der Waals surface area contributed by atoms with E-state index in [1.807, 2.05) is 0 Å². The fraction of sp³-hybridized carbons (Fsp3) is 0.714. The molecule has 0 saturated heterocycles. The van der Waals surface area contributed by atoms with Crippen molar-refractivity contribution in [2.75, 3.05) is 0 Å². The van der Waals surface area contributed by atoms with Crippen LogP contribution in [0.15, 0.2) is 14.1 Å². The molecule has 1 N–H and O–H groups in total. The zero-order valence-electron chi connectivity index (χ0n) is 12.4. The average molecular weight is 385 g/mol. The SMILES string of the molecule is CCCCCCCCCn1c(=O)[nH]c(C(F)(F)F)c(Br)c1=O. The molecule has 0 aromatic carbocycles. The van der Waals surface area contributed by atoms with Gasteiger partial charge in [0, 0.05) is 6.54 Å². The standard InChI is InChI=1S/C14H20BrF3N2O2/c1-2-3-4-5-6-7-8-9-20-12(21)10(15)11(14(16,17)18)19-13(20)22/h2-9H2,1H3,(H,19,22). The molecule has 8 heteroatoms. The molecule has 22 heavy (non-hydrogen) atoms. The van der Waals surface area contributed by atoms with E-state index in [1.165, 1.54) is 6.42 Å². The molecular weight excluding hydrogens is 365 g/mol. The first-order valence-corrected chi connectivity index (χ1v) is 8.18. The molecule has 1 aromatic rings. The summed E-state index contributed by atoms with van der Waals surface area (Å²) in [5.41, 5.74) is -3.30. The van der Waals surface area contributed by atoms with Crippen LogP contribution in [0.2, 0.25) is 0 Å². The summed E-state index contributed by atoms with van der Waals surface area (Å²) in [6.45, 7) is 2.25. The van der Waals surface area contributed by atoms with Crippen molar-refractivity contribution in [1.82, 2.24) is 9.55 Å². The fourth-order valence-electron chi connectivity index (χ4n) is 2.17. The Kier molecular flexibility index (Phi) is 7.38. The minimum Gasteiger partial charge on any atom is -0.302 e. The number of nitrogens with one attached hydrogen (secondary N) is 1. The van der Waals surface area contributed by atoms with Gasteiger partial charge in [0.15, 0.2) is 0 Å². The smallest absolute Gasteiger partial charge is 0.302 e. The lowest BCUT2D eigenvalue weighted by atomic mass is 10.1. The summed E-state index contributed by atoms with van der Waals surface area (Å²) in [5, 5.41) is 0. The van der Waals surface area contributed by atoms with Crippen LogP contribution in [-0.4, -0.2) is 9.55 Å². The Morgan fingerprint density at radius 1 is 1.05 bits per heavy atom. The van der Waals surface area contributed by atoms with Crippen molar-refractivity contribution in [2.45, 2.75) is 64.6 Å². The number of alkyl halides is 3. The second-order valence-corrected chi connectivity index (χ2v) is 5.99. The van der Waals surface area contributed by atoms with E-state index in [0.29, 0.717) is 6.42 Å². The number of aromatic nitrogens is 2. The van der Waals surface area contributed by atoms with E-state index >= 15 is 0 Å². The van der Waals surface area contributed by atoms with Gasteiger partial charge in [0.1, 0.15) is 10.2 Å². The van der Waals surface area contributed by atoms with E-state index in [0.717, 1.165) is 36.7 Å². The van der Waals surface area contributed by atoms with Crippen LogP contribution in [0.25, 0.3) is 0 Å². The highest BCUT2D eigenvalue weighted by atomic mass is 79.9. The van der Waals surface area contributed by atoms with Gasteiger partial charge in [-0.1, -0.05) is 45.4 Å². The molecule has 1 aromatic heterocycles. The Labute approximate surface area is 134 Å². The van der Waals surface area contributed by atoms with Gasteiger partial charge in [0.2, 0.25) is 0 Å². The Morgan fingerprint density at radius 2 is 1.59 bits per heavy atom. The molecule has 0 aliphatic rings. The molecule has 0 aliphatic heterocycles. The second kappa shape index (κ2) is 8.55. The first-order chi connectivity index (χ1) is 10.3. The van der Waals surface area contributed by atoms with Gasteiger partial charge in [-0.3, -0.25) is 9.36 Å². The zero-order valence-corrected chi connectivity index (χ0v) is 14.0. The largest absolute Gasteiger partial charge is 0.432 e. The number of unbranched alkanes of at least 4 members (excludes halogenated alkanes) is 6. The maximum atomic E-state index is 12.6. The number of halogens is 4. The molecule has 1 rings (SSSR count). The summed E-state index contributed by atoms with van der Waals surface area (Å²) in [5.74, 6) is 0. The van der Waals surface area contributed by atoms with Crippen LogP contribution in [0.5, 0.6) is 0 Å². The first-order valence-electron chi connectivity index (χ1n) is 7.38. The summed E-state index contributed by atoms with van der Waals surface area (Å²) in [6.07, 6.45) is 2.25. The molecule has 1 heterocycles. The van der Waals surface area contributed by atoms with Crippen molar-refractivity contribution >= 4 is 15.9 Å². The Morgan fingerprint density at radius 3 is 2.14 bits per heavy atom. The van der Waals surface area contributed by atoms with E-state index in [4.69, 9.17) is 0 Å². The third kappa shape index (κ3) is 5.30. The monoisotopic (exact) mass is 384 g/mol. The van der Waals surface area contributed by atoms with Gasteiger partial charge in [0.05, 0.1) is 0 Å². The number of rotatable bonds is 8. The molecule has 0 aliphatic carbocycles. The van der Waals surface area contributed by atoms with Crippen LogP contribution in [0.1, 0.15) is 57.6 Å². The van der Waals surface area contributed by atoms with Crippen LogP contribution in [0.3, 0.4) is 0 Å². The highest BCUT2D eigenvalue weighted by Crippen LogP contribution is 2.30. The van der Waals surface area contributed by atoms with E-state index < -0.39 is 27.6 Å². The summed E-state index contributed by atoms with van der Waals surface area (Å²) in [7, 11) is 0. The average Bonchev–Trinajstić information content (AvgIpc) is 2.43. The summed E-state index contributed by atoms with van der Waals surface area (Å²) >= 11 is 2.63. The molecule has 126 valence electrons. The van der Waals surface area contributed by atoms with Crippen molar-refractivity contribution in [1.29, 1.82) is 0 Å². The Bertz CT molecular complexity index is 593. The van der Waals surface area contributed by atoms with Crippen LogP contribution >= 0.6 is 15.9 Å². The topological polar surface area (TPSA) is 54.9 Å². The Balaban J connectivity index is 2.68. The lowest BCUT2D eigenvalue weighted by Crippen LogP contribution is -2.38. The highest BCUT2D eigenvalue weighted by Gasteiger charge is 2.36. The quantitative estimate of drug-likeness (QED) is 0.686. The van der Waals surface area contributed by atoms with Crippen molar-refractivity contribution in [3.63, 3.8) is 0 Å². The molecule has 0 atom stereocenters. The third-order valence-corrected chi connectivity index (χ3v) is 4.13. The van der Waals surface area contributed by atoms with Gasteiger partial charge in [-0.05, 0) is 22.4 Å². The Hall–Kier alpha value is -1.05. The van der Waals surface area contributed by atoms with Crippen molar-refractivity contribution in [2.24, 2.45) is 0 Å². The third-order valence-electron chi connectivity index (χ3n) is 3.40. The second-order valence-electron chi connectivity index (χ2n) is 5.20. The van der Waals surface area contributed by atoms with E-state index in [-0.39, 0.29) is 6.54 Å². The van der Waals surface area contributed by atoms with E-state index in [9.17, 15) is 22.8 Å². The molecular formula is C14H20BrF3N2O2. The zero-order chi connectivity index (χ0) is 16.8. The molecule has 0 fully saturated rings. The van der Waals surface area contributed by atoms with Gasteiger partial charge in [-0.15, -0.1) is 0 Å². The van der Waals surface area contributed by atoms with Crippen molar-refractivity contribution < 1.29 is 13.2 Å². The molecule has 0 saturated carbocycles. The number of nitrogens with zero attached hydrogens (tertiary/aromatic N) is 1. The number of aromatic amines is 1. The number of hydrogen-bond donors (Lipinski definition) is 1. The van der Waals surface area contributed by atoms with E-state index in [2.05, 4.69) is 22.9 Å². The van der Waals surface area contributed by atoms with E-state index in [1.54, 1.807) is 4.98 Å².